The van der Waals surface area contributed by atoms with Crippen molar-refractivity contribution >= 4 is 35.3 Å². The monoisotopic (exact) mass is 421 g/mol. The van der Waals surface area contributed by atoms with Gasteiger partial charge in [-0.3, -0.25) is 24.5 Å². The number of carbonyl (C=O) groups excluding carboxylic acids is 4. The number of imide groups is 1. The van der Waals surface area contributed by atoms with Gasteiger partial charge in [-0.05, 0) is 11.6 Å². The summed E-state index contributed by atoms with van der Waals surface area (Å²) in [5.41, 5.74) is 7.15. The number of carbonyl (C=O) groups is 4. The zero-order valence-corrected chi connectivity index (χ0v) is 15.7. The van der Waals surface area contributed by atoms with Gasteiger partial charge in [0.15, 0.2) is 0 Å². The summed E-state index contributed by atoms with van der Waals surface area (Å²) in [5.74, 6) is -3.28. The smallest absolute Gasteiger partial charge is 0.421 e. The van der Waals surface area contributed by atoms with E-state index < -0.39 is 52.3 Å². The minimum absolute atomic E-state index is 0.0964. The summed E-state index contributed by atoms with van der Waals surface area (Å²) in [5, 5.41) is 14.7. The first-order chi connectivity index (χ1) is 14.1. The van der Waals surface area contributed by atoms with Gasteiger partial charge in [0.2, 0.25) is 0 Å². The van der Waals surface area contributed by atoms with Crippen molar-refractivity contribution in [2.75, 3.05) is 0 Å². The molecule has 2 rings (SSSR count). The molecule has 1 aromatic carbocycles. The number of azide groups is 1. The van der Waals surface area contributed by atoms with Crippen LogP contribution in [0.15, 0.2) is 23.3 Å². The molecule has 1 aromatic rings. The Kier molecular flexibility index (Phi) is 6.88. The van der Waals surface area contributed by atoms with E-state index in [0.717, 1.165) is 18.2 Å². The molecule has 1 fully saturated rings. The Morgan fingerprint density at radius 2 is 1.87 bits per heavy atom. The molecule has 0 N–H and O–H groups in total. The first-order valence-corrected chi connectivity index (χ1v) is 8.43. The summed E-state index contributed by atoms with van der Waals surface area (Å²) < 4.78 is 9.86. The molecule has 2 amide bonds. The Morgan fingerprint density at radius 3 is 2.40 bits per heavy atom. The summed E-state index contributed by atoms with van der Waals surface area (Å²) in [6.07, 6.45) is -3.26. The first-order valence-electron chi connectivity index (χ1n) is 8.43. The van der Waals surface area contributed by atoms with Gasteiger partial charge < -0.3 is 9.47 Å². The Labute approximate surface area is 168 Å². The van der Waals surface area contributed by atoms with Crippen LogP contribution in [0.2, 0.25) is 0 Å². The number of nitro groups is 1. The van der Waals surface area contributed by atoms with E-state index in [-0.39, 0.29) is 23.6 Å². The number of esters is 1. The molecule has 1 unspecified atom stereocenters. The highest BCUT2D eigenvalue weighted by atomic mass is 16.9. The highest BCUT2D eigenvalue weighted by Crippen LogP contribution is 2.27. The van der Waals surface area contributed by atoms with Gasteiger partial charge in [0.05, 0.1) is 4.92 Å². The van der Waals surface area contributed by atoms with Gasteiger partial charge in [0, 0.05) is 35.4 Å². The minimum Gasteiger partial charge on any atom is -0.421 e. The molecule has 14 heteroatoms. The number of rotatable bonds is 7. The highest BCUT2D eigenvalue weighted by molar-refractivity contribution is 6.01. The van der Waals surface area contributed by atoms with Crippen molar-refractivity contribution in [2.24, 2.45) is 11.0 Å². The van der Waals surface area contributed by atoms with Crippen molar-refractivity contribution in [1.29, 1.82) is 0 Å². The number of nitrogens with zero attached hydrogens (tertiary/aromatic N) is 5. The zero-order chi connectivity index (χ0) is 22.4. The molecule has 1 aliphatic rings. The van der Waals surface area contributed by atoms with Crippen LogP contribution < -0.4 is 0 Å². The summed E-state index contributed by atoms with van der Waals surface area (Å²) in [7, 11) is 0. The second kappa shape index (κ2) is 9.34. The average Bonchev–Trinajstić information content (AvgIpc) is 2.99. The maximum atomic E-state index is 12.4. The number of ether oxygens (including phenoxy) is 2. The van der Waals surface area contributed by atoms with Crippen LogP contribution in [-0.2, 0) is 23.9 Å². The third-order valence-electron chi connectivity index (χ3n) is 3.71. The fraction of sp³-hybridized carbons (Fsp3) is 0.375. The van der Waals surface area contributed by atoms with Crippen LogP contribution in [0.25, 0.3) is 10.4 Å². The SMILES string of the molecule is CC(C)C(OC(=O)ON1C(=O)CCC1=O)OC(=O)c1ccc(N=[N+]=[N-])cc1[N+](=O)[O-]. The number of amides is 2. The number of hydrogen-bond acceptors (Lipinski definition) is 10. The van der Waals surface area contributed by atoms with Crippen molar-refractivity contribution in [1.82, 2.24) is 5.06 Å². The number of hydroxylamine groups is 2. The van der Waals surface area contributed by atoms with E-state index in [1.165, 1.54) is 13.8 Å². The molecule has 1 saturated heterocycles. The molecule has 30 heavy (non-hydrogen) atoms. The lowest BCUT2D eigenvalue weighted by atomic mass is 10.1. The van der Waals surface area contributed by atoms with E-state index in [0.29, 0.717) is 0 Å². The molecule has 0 radical (unpaired) electrons. The lowest BCUT2D eigenvalue weighted by Crippen LogP contribution is -2.36. The first kappa shape index (κ1) is 22.1. The lowest BCUT2D eigenvalue weighted by Gasteiger charge is -2.21. The van der Waals surface area contributed by atoms with Crippen LogP contribution in [0.4, 0.5) is 16.2 Å². The van der Waals surface area contributed by atoms with Gasteiger partial charge in [-0.25, -0.2) is 9.59 Å². The Hall–Kier alpha value is -4.19. The van der Waals surface area contributed by atoms with Crippen molar-refractivity contribution in [3.8, 4) is 0 Å². The van der Waals surface area contributed by atoms with Gasteiger partial charge in [0.1, 0.15) is 5.56 Å². The molecule has 0 bridgehead atoms. The van der Waals surface area contributed by atoms with Gasteiger partial charge in [-0.2, -0.15) is 0 Å². The summed E-state index contributed by atoms with van der Waals surface area (Å²) in [4.78, 5) is 64.6. The van der Waals surface area contributed by atoms with E-state index in [2.05, 4.69) is 14.9 Å². The van der Waals surface area contributed by atoms with Crippen LogP contribution >= 0.6 is 0 Å². The number of benzene rings is 1. The number of hydrogen-bond donors (Lipinski definition) is 0. The summed E-state index contributed by atoms with van der Waals surface area (Å²) in [6, 6.07) is 3.05. The summed E-state index contributed by atoms with van der Waals surface area (Å²) in [6.45, 7) is 3.02. The van der Waals surface area contributed by atoms with Crippen molar-refractivity contribution in [3.63, 3.8) is 0 Å². The molecule has 0 spiro atoms. The lowest BCUT2D eigenvalue weighted by molar-refractivity contribution is -0.385. The van der Waals surface area contributed by atoms with Crippen LogP contribution in [0.5, 0.6) is 0 Å². The zero-order valence-electron chi connectivity index (χ0n) is 15.7. The van der Waals surface area contributed by atoms with Gasteiger partial charge in [-0.1, -0.05) is 30.1 Å². The van der Waals surface area contributed by atoms with E-state index in [1.54, 1.807) is 0 Å². The van der Waals surface area contributed by atoms with Crippen LogP contribution in [-0.4, -0.2) is 40.2 Å². The van der Waals surface area contributed by atoms with Gasteiger partial charge in [-0.15, -0.1) is 0 Å². The van der Waals surface area contributed by atoms with E-state index >= 15 is 0 Å². The highest BCUT2D eigenvalue weighted by Gasteiger charge is 2.35. The quantitative estimate of drug-likeness (QED) is 0.0930. The second-order valence-corrected chi connectivity index (χ2v) is 6.21. The Bertz CT molecular complexity index is 938. The molecule has 158 valence electrons. The third-order valence-corrected chi connectivity index (χ3v) is 3.71. The maximum absolute atomic E-state index is 12.4. The molecule has 0 aromatic heterocycles. The Morgan fingerprint density at radius 1 is 1.23 bits per heavy atom. The van der Waals surface area contributed by atoms with Crippen molar-refractivity contribution < 1.29 is 38.4 Å². The Balaban J connectivity index is 2.14. The standard InChI is InChI=1S/C16H15N5O9/c1-8(2)15(29-16(25)30-20-12(22)5-6-13(20)23)28-14(24)10-4-3-9(18-19-17)7-11(10)21(26)27/h3-4,7-8,15H,5-6H2,1-2H3. The fourth-order valence-electron chi connectivity index (χ4n) is 2.27. The predicted molar refractivity (Wildman–Crippen MR) is 94.6 cm³/mol. The molecule has 0 saturated carbocycles. The topological polar surface area (TPSA) is 191 Å². The largest absolute Gasteiger partial charge is 0.537 e. The molecule has 1 aliphatic heterocycles. The van der Waals surface area contributed by atoms with Gasteiger partial charge in [0.25, 0.3) is 23.8 Å². The van der Waals surface area contributed by atoms with Crippen LogP contribution in [0.3, 0.4) is 0 Å². The third kappa shape index (κ3) is 5.20. The minimum atomic E-state index is -1.55. The maximum Gasteiger partial charge on any atom is 0.537 e. The molecule has 1 atom stereocenters. The van der Waals surface area contributed by atoms with E-state index in [9.17, 15) is 29.3 Å². The predicted octanol–water partition coefficient (Wildman–Crippen LogP) is 2.89. The van der Waals surface area contributed by atoms with Crippen molar-refractivity contribution in [3.05, 3.63) is 44.3 Å². The van der Waals surface area contributed by atoms with Crippen LogP contribution in [0, 0.1) is 16.0 Å². The van der Waals surface area contributed by atoms with Crippen molar-refractivity contribution in [2.45, 2.75) is 33.0 Å². The molecule has 0 aliphatic carbocycles. The van der Waals surface area contributed by atoms with E-state index in [4.69, 9.17) is 15.0 Å². The van der Waals surface area contributed by atoms with E-state index in [1.807, 2.05) is 0 Å². The molecular formula is C16H15N5O9. The average molecular weight is 421 g/mol. The molecular weight excluding hydrogens is 406 g/mol. The van der Waals surface area contributed by atoms with Crippen LogP contribution in [0.1, 0.15) is 37.0 Å². The molecule has 14 nitrogen and oxygen atoms in total. The second-order valence-electron chi connectivity index (χ2n) is 6.21. The normalized spacial score (nSPS) is 14.2. The van der Waals surface area contributed by atoms with Gasteiger partial charge >= 0.3 is 12.1 Å². The summed E-state index contributed by atoms with van der Waals surface area (Å²) >= 11 is 0. The number of nitro benzene ring substituents is 1. The fourth-order valence-corrected chi connectivity index (χ4v) is 2.27. The molecule has 1 heterocycles.